The standard InChI is InChI=1S/C6H6O.C3H4O3/c7-6-4-2-1-3-5-6;1-2(4)3(5)6/h1-5,7H;1H3,(H,5,6). The average Bonchev–Trinajstić information content (AvgIpc) is 2.06. The molecular formula is C9H10O4. The highest BCUT2D eigenvalue weighted by atomic mass is 16.4. The fourth-order valence-electron chi connectivity index (χ4n) is 0.428. The lowest BCUT2D eigenvalue weighted by Gasteiger charge is -1.82. The van der Waals surface area contributed by atoms with Crippen LogP contribution in [0.15, 0.2) is 30.3 Å². The van der Waals surface area contributed by atoms with Crippen molar-refractivity contribution in [2.24, 2.45) is 0 Å². The van der Waals surface area contributed by atoms with E-state index in [4.69, 9.17) is 10.2 Å². The van der Waals surface area contributed by atoms with Crippen LogP contribution >= 0.6 is 0 Å². The summed E-state index contributed by atoms with van der Waals surface area (Å²) >= 11 is 0. The third kappa shape index (κ3) is 6.55. The maximum absolute atomic E-state index is 9.54. The maximum Gasteiger partial charge on any atom is 0.371 e. The molecule has 0 amide bonds. The summed E-state index contributed by atoms with van der Waals surface area (Å²) < 4.78 is 0. The Labute approximate surface area is 75.4 Å². The number of carboxylic acids is 1. The molecule has 1 aromatic rings. The Bertz CT molecular complexity index is 267. The van der Waals surface area contributed by atoms with Crippen molar-refractivity contribution >= 4 is 11.8 Å². The number of benzene rings is 1. The monoisotopic (exact) mass is 182 g/mol. The first-order valence-corrected chi connectivity index (χ1v) is 3.52. The van der Waals surface area contributed by atoms with Gasteiger partial charge in [-0.3, -0.25) is 4.79 Å². The van der Waals surface area contributed by atoms with Gasteiger partial charge in [-0.05, 0) is 12.1 Å². The second kappa shape index (κ2) is 5.77. The largest absolute Gasteiger partial charge is 0.508 e. The maximum atomic E-state index is 9.54. The molecule has 13 heavy (non-hydrogen) atoms. The van der Waals surface area contributed by atoms with Gasteiger partial charge in [0, 0.05) is 6.92 Å². The fraction of sp³-hybridized carbons (Fsp3) is 0.111. The summed E-state index contributed by atoms with van der Waals surface area (Å²) in [7, 11) is 0. The van der Waals surface area contributed by atoms with Gasteiger partial charge in [0.05, 0.1) is 0 Å². The lowest BCUT2D eigenvalue weighted by Crippen LogP contribution is -2.05. The van der Waals surface area contributed by atoms with E-state index < -0.39 is 11.8 Å². The molecule has 0 spiro atoms. The van der Waals surface area contributed by atoms with E-state index >= 15 is 0 Å². The number of para-hydroxylation sites is 1. The predicted molar refractivity (Wildman–Crippen MR) is 46.4 cm³/mol. The summed E-state index contributed by atoms with van der Waals surface area (Å²) in [5.41, 5.74) is 0. The molecule has 0 unspecified atom stereocenters. The Morgan fingerprint density at radius 3 is 1.69 bits per heavy atom. The molecule has 2 N–H and O–H groups in total. The van der Waals surface area contributed by atoms with E-state index in [9.17, 15) is 9.59 Å². The highest BCUT2D eigenvalue weighted by Crippen LogP contribution is 2.02. The van der Waals surface area contributed by atoms with E-state index in [2.05, 4.69) is 0 Å². The molecule has 70 valence electrons. The molecule has 0 heterocycles. The number of ketones is 1. The zero-order chi connectivity index (χ0) is 10.3. The molecule has 0 aromatic heterocycles. The van der Waals surface area contributed by atoms with Gasteiger partial charge in [0.25, 0.3) is 0 Å². The number of aromatic hydroxyl groups is 1. The quantitative estimate of drug-likeness (QED) is 0.636. The van der Waals surface area contributed by atoms with Crippen molar-refractivity contribution in [1.29, 1.82) is 0 Å². The molecule has 0 saturated heterocycles. The summed E-state index contributed by atoms with van der Waals surface area (Å²) in [5.74, 6) is -1.88. The molecule has 4 heteroatoms. The summed E-state index contributed by atoms with van der Waals surface area (Å²) in [4.78, 5) is 18.9. The Morgan fingerprint density at radius 1 is 1.15 bits per heavy atom. The van der Waals surface area contributed by atoms with Crippen molar-refractivity contribution in [2.75, 3.05) is 0 Å². The van der Waals surface area contributed by atoms with E-state index in [1.54, 1.807) is 24.3 Å². The first-order chi connectivity index (χ1) is 6.04. The highest BCUT2D eigenvalue weighted by Gasteiger charge is 1.98. The second-order valence-corrected chi connectivity index (χ2v) is 2.20. The molecular weight excluding hydrogens is 172 g/mol. The van der Waals surface area contributed by atoms with Crippen LogP contribution in [0.1, 0.15) is 6.92 Å². The molecule has 0 atom stereocenters. The lowest BCUT2D eigenvalue weighted by molar-refractivity contribution is -0.148. The normalized spacial score (nSPS) is 8.08. The third-order valence-corrected chi connectivity index (χ3v) is 1.06. The van der Waals surface area contributed by atoms with Crippen LogP contribution in [0.5, 0.6) is 5.75 Å². The van der Waals surface area contributed by atoms with Crippen LogP contribution in [-0.4, -0.2) is 22.0 Å². The van der Waals surface area contributed by atoms with Crippen molar-refractivity contribution in [1.82, 2.24) is 0 Å². The van der Waals surface area contributed by atoms with Crippen LogP contribution in [0.2, 0.25) is 0 Å². The van der Waals surface area contributed by atoms with Crippen molar-refractivity contribution in [3.63, 3.8) is 0 Å². The van der Waals surface area contributed by atoms with E-state index in [1.807, 2.05) is 6.07 Å². The number of carbonyl (C=O) groups excluding carboxylic acids is 1. The molecule has 0 radical (unpaired) electrons. The van der Waals surface area contributed by atoms with Gasteiger partial charge in [-0.1, -0.05) is 18.2 Å². The number of hydrogen-bond donors (Lipinski definition) is 2. The number of hydrogen-bond acceptors (Lipinski definition) is 3. The molecule has 0 aliphatic carbocycles. The molecule has 0 aliphatic rings. The van der Waals surface area contributed by atoms with Gasteiger partial charge >= 0.3 is 5.97 Å². The van der Waals surface area contributed by atoms with Gasteiger partial charge in [-0.15, -0.1) is 0 Å². The van der Waals surface area contributed by atoms with E-state index in [-0.39, 0.29) is 0 Å². The topological polar surface area (TPSA) is 74.6 Å². The molecule has 1 aromatic carbocycles. The van der Waals surface area contributed by atoms with E-state index in [0.717, 1.165) is 6.92 Å². The first kappa shape index (κ1) is 11.2. The fourth-order valence-corrected chi connectivity index (χ4v) is 0.428. The van der Waals surface area contributed by atoms with Crippen LogP contribution in [-0.2, 0) is 9.59 Å². The smallest absolute Gasteiger partial charge is 0.371 e. The highest BCUT2D eigenvalue weighted by molar-refractivity contribution is 6.31. The van der Waals surface area contributed by atoms with Crippen molar-refractivity contribution in [3.8, 4) is 5.75 Å². The van der Waals surface area contributed by atoms with Gasteiger partial charge in [-0.25, -0.2) is 4.79 Å². The zero-order valence-electron chi connectivity index (χ0n) is 7.10. The van der Waals surface area contributed by atoms with Gasteiger partial charge in [-0.2, -0.15) is 0 Å². The second-order valence-electron chi connectivity index (χ2n) is 2.20. The zero-order valence-corrected chi connectivity index (χ0v) is 7.10. The van der Waals surface area contributed by atoms with Gasteiger partial charge < -0.3 is 10.2 Å². The average molecular weight is 182 g/mol. The molecule has 0 fully saturated rings. The third-order valence-electron chi connectivity index (χ3n) is 1.06. The molecule has 4 nitrogen and oxygen atoms in total. The first-order valence-electron chi connectivity index (χ1n) is 3.52. The Kier molecular flexibility index (Phi) is 4.95. The number of phenols is 1. The van der Waals surface area contributed by atoms with Gasteiger partial charge in [0.1, 0.15) is 5.75 Å². The molecule has 1 rings (SSSR count). The Balaban J connectivity index is 0.000000226. The minimum Gasteiger partial charge on any atom is -0.508 e. The van der Waals surface area contributed by atoms with Gasteiger partial charge in [0.15, 0.2) is 0 Å². The van der Waals surface area contributed by atoms with E-state index in [1.165, 1.54) is 0 Å². The van der Waals surface area contributed by atoms with Crippen LogP contribution in [0, 0.1) is 0 Å². The summed E-state index contributed by atoms with van der Waals surface area (Å²) in [5, 5.41) is 16.3. The van der Waals surface area contributed by atoms with Crippen molar-refractivity contribution in [2.45, 2.75) is 6.92 Å². The summed E-state index contributed by atoms with van der Waals surface area (Å²) in [6.45, 7) is 1.00. The Hall–Kier alpha value is -1.84. The van der Waals surface area contributed by atoms with E-state index in [0.29, 0.717) is 5.75 Å². The number of carbonyl (C=O) groups is 2. The minimum absolute atomic E-state index is 0.322. The number of aliphatic carboxylic acids is 1. The number of Topliss-reactive ketones (excluding diaryl/α,β-unsaturated/α-hetero) is 1. The summed E-state index contributed by atoms with van der Waals surface area (Å²) in [6.07, 6.45) is 0. The molecule has 0 aliphatic heterocycles. The van der Waals surface area contributed by atoms with Crippen LogP contribution in [0.4, 0.5) is 0 Å². The molecule has 0 bridgehead atoms. The lowest BCUT2D eigenvalue weighted by atomic mass is 10.3. The van der Waals surface area contributed by atoms with Crippen molar-refractivity contribution < 1.29 is 19.8 Å². The van der Waals surface area contributed by atoms with Crippen LogP contribution in [0.3, 0.4) is 0 Å². The van der Waals surface area contributed by atoms with Crippen molar-refractivity contribution in [3.05, 3.63) is 30.3 Å². The minimum atomic E-state index is -1.38. The number of rotatable bonds is 1. The molecule has 0 saturated carbocycles. The number of carboxylic acid groups (broad SMARTS) is 1. The van der Waals surface area contributed by atoms with Crippen LogP contribution < -0.4 is 0 Å². The van der Waals surface area contributed by atoms with Gasteiger partial charge in [0.2, 0.25) is 5.78 Å². The SMILES string of the molecule is CC(=O)C(=O)O.Oc1ccccc1. The van der Waals surface area contributed by atoms with Crippen LogP contribution in [0.25, 0.3) is 0 Å². The summed E-state index contributed by atoms with van der Waals surface area (Å²) in [6, 6.07) is 8.71. The number of phenolic OH excluding ortho intramolecular Hbond substituents is 1. The Morgan fingerprint density at radius 2 is 1.54 bits per heavy atom. The predicted octanol–water partition coefficient (Wildman–Crippen LogP) is 1.05.